The van der Waals surface area contributed by atoms with E-state index in [1.165, 1.54) is 16.4 Å². The van der Waals surface area contributed by atoms with Gasteiger partial charge in [-0.15, -0.1) is 0 Å². The Morgan fingerprint density at radius 1 is 1.15 bits per heavy atom. The third-order valence-electron chi connectivity index (χ3n) is 4.87. The lowest BCUT2D eigenvalue weighted by Crippen LogP contribution is -2.38. The molecule has 0 radical (unpaired) electrons. The molecular weight excluding hydrogens is 384 g/mol. The fraction of sp³-hybridized carbons (Fsp3) is 0.350. The van der Waals surface area contributed by atoms with Gasteiger partial charge in [-0.05, 0) is 48.6 Å². The van der Waals surface area contributed by atoms with Gasteiger partial charge >= 0.3 is 0 Å². The maximum atomic E-state index is 12.9. The van der Waals surface area contributed by atoms with Gasteiger partial charge in [0.25, 0.3) is 5.91 Å². The molecule has 5 nitrogen and oxygen atoms in total. The van der Waals surface area contributed by atoms with Crippen molar-refractivity contribution in [3.63, 3.8) is 0 Å². The predicted molar refractivity (Wildman–Crippen MR) is 106 cm³/mol. The number of hydrogen-bond donors (Lipinski definition) is 1. The van der Waals surface area contributed by atoms with Crippen LogP contribution in [0.5, 0.6) is 0 Å². The third-order valence-corrected chi connectivity index (χ3v) is 7.14. The van der Waals surface area contributed by atoms with Crippen molar-refractivity contribution in [2.24, 2.45) is 5.92 Å². The highest BCUT2D eigenvalue weighted by Crippen LogP contribution is 2.24. The smallest absolute Gasteiger partial charge is 0.251 e. The summed E-state index contributed by atoms with van der Waals surface area (Å²) in [7, 11) is -3.58. The molecule has 0 saturated carbocycles. The van der Waals surface area contributed by atoms with Gasteiger partial charge in [-0.1, -0.05) is 42.8 Å². The largest absolute Gasteiger partial charge is 0.348 e. The highest BCUT2D eigenvalue weighted by atomic mass is 35.5. The molecule has 0 atom stereocenters. The standard InChI is InChI=1S/C20H23ClN2O3S/c1-15-9-11-23(12-10-15)27(25,26)18-7-4-6-16(13-18)20(24)22-14-17-5-2-3-8-19(17)21/h2-8,13,15H,9-12,14H2,1H3,(H,22,24). The Bertz CT molecular complexity index is 922. The van der Waals surface area contributed by atoms with E-state index >= 15 is 0 Å². The second-order valence-electron chi connectivity index (χ2n) is 6.89. The first-order valence-electron chi connectivity index (χ1n) is 9.00. The number of sulfonamides is 1. The summed E-state index contributed by atoms with van der Waals surface area (Å²) in [6.45, 7) is 3.45. The number of amides is 1. The lowest BCUT2D eigenvalue weighted by Gasteiger charge is -2.29. The molecule has 0 unspecified atom stereocenters. The van der Waals surface area contributed by atoms with Crippen molar-refractivity contribution in [3.8, 4) is 0 Å². The van der Waals surface area contributed by atoms with Crippen molar-refractivity contribution in [2.45, 2.75) is 31.2 Å². The quantitative estimate of drug-likeness (QED) is 0.823. The van der Waals surface area contributed by atoms with E-state index in [2.05, 4.69) is 12.2 Å². The first kappa shape index (κ1) is 19.9. The number of nitrogens with one attached hydrogen (secondary N) is 1. The Balaban J connectivity index is 1.73. The number of nitrogens with zero attached hydrogens (tertiary/aromatic N) is 1. The Hall–Kier alpha value is -1.89. The first-order chi connectivity index (χ1) is 12.9. The summed E-state index contributed by atoms with van der Waals surface area (Å²) >= 11 is 6.10. The summed E-state index contributed by atoms with van der Waals surface area (Å²) in [6, 6.07) is 13.5. The zero-order valence-corrected chi connectivity index (χ0v) is 16.8. The number of rotatable bonds is 5. The SMILES string of the molecule is CC1CCN(S(=O)(=O)c2cccc(C(=O)NCc3ccccc3Cl)c2)CC1. The van der Waals surface area contributed by atoms with Gasteiger partial charge in [0.05, 0.1) is 4.90 Å². The van der Waals surface area contributed by atoms with Crippen molar-refractivity contribution in [1.29, 1.82) is 0 Å². The number of carbonyl (C=O) groups is 1. The number of carbonyl (C=O) groups excluding carboxylic acids is 1. The second kappa shape index (κ2) is 8.42. The Kier molecular flexibility index (Phi) is 6.19. The molecule has 1 aliphatic rings. The van der Waals surface area contributed by atoms with Crippen LogP contribution in [0.4, 0.5) is 0 Å². The van der Waals surface area contributed by atoms with Crippen LogP contribution in [-0.4, -0.2) is 31.7 Å². The normalized spacial score (nSPS) is 16.2. The average Bonchev–Trinajstić information content (AvgIpc) is 2.67. The van der Waals surface area contributed by atoms with Gasteiger partial charge in [0, 0.05) is 30.2 Å². The van der Waals surface area contributed by atoms with Gasteiger partial charge in [0.2, 0.25) is 10.0 Å². The molecule has 1 aliphatic heterocycles. The van der Waals surface area contributed by atoms with E-state index < -0.39 is 10.0 Å². The summed E-state index contributed by atoms with van der Waals surface area (Å²) in [5.74, 6) is 0.206. The van der Waals surface area contributed by atoms with E-state index in [-0.39, 0.29) is 17.3 Å². The summed E-state index contributed by atoms with van der Waals surface area (Å²) in [6.07, 6.45) is 1.72. The topological polar surface area (TPSA) is 66.5 Å². The zero-order valence-electron chi connectivity index (χ0n) is 15.2. The van der Waals surface area contributed by atoms with Crippen LogP contribution in [0.2, 0.25) is 5.02 Å². The summed E-state index contributed by atoms with van der Waals surface area (Å²) in [5, 5.41) is 3.37. The lowest BCUT2D eigenvalue weighted by atomic mass is 10.0. The van der Waals surface area contributed by atoms with Crippen LogP contribution in [0.3, 0.4) is 0 Å². The molecule has 3 rings (SSSR count). The van der Waals surface area contributed by atoms with E-state index in [4.69, 9.17) is 11.6 Å². The van der Waals surface area contributed by atoms with Gasteiger partial charge in [-0.25, -0.2) is 8.42 Å². The van der Waals surface area contributed by atoms with E-state index in [1.54, 1.807) is 18.2 Å². The van der Waals surface area contributed by atoms with Crippen molar-refractivity contribution in [2.75, 3.05) is 13.1 Å². The minimum Gasteiger partial charge on any atom is -0.348 e. The maximum absolute atomic E-state index is 12.9. The second-order valence-corrected chi connectivity index (χ2v) is 9.23. The summed E-state index contributed by atoms with van der Waals surface area (Å²) < 4.78 is 27.2. The minimum absolute atomic E-state index is 0.155. The van der Waals surface area contributed by atoms with Crippen LogP contribution in [0, 0.1) is 5.92 Å². The molecular formula is C20H23ClN2O3S. The van der Waals surface area contributed by atoms with Crippen molar-refractivity contribution in [3.05, 3.63) is 64.7 Å². The molecule has 0 spiro atoms. The molecule has 1 heterocycles. The fourth-order valence-corrected chi connectivity index (χ4v) is 4.81. The Labute approximate surface area is 165 Å². The van der Waals surface area contributed by atoms with Crippen molar-refractivity contribution in [1.82, 2.24) is 9.62 Å². The molecule has 0 bridgehead atoms. The Morgan fingerprint density at radius 3 is 2.56 bits per heavy atom. The molecule has 7 heteroatoms. The molecule has 0 aliphatic carbocycles. The third kappa shape index (κ3) is 4.69. The van der Waals surface area contributed by atoms with Crippen LogP contribution in [0.25, 0.3) is 0 Å². The fourth-order valence-electron chi connectivity index (χ4n) is 3.09. The lowest BCUT2D eigenvalue weighted by molar-refractivity contribution is 0.0950. The zero-order chi connectivity index (χ0) is 19.4. The molecule has 0 aromatic heterocycles. The highest BCUT2D eigenvalue weighted by molar-refractivity contribution is 7.89. The number of benzene rings is 2. The maximum Gasteiger partial charge on any atom is 0.251 e. The first-order valence-corrected chi connectivity index (χ1v) is 10.8. The number of piperidine rings is 1. The van der Waals surface area contributed by atoms with E-state index in [9.17, 15) is 13.2 Å². The van der Waals surface area contributed by atoms with Gasteiger partial charge in [-0.3, -0.25) is 4.79 Å². The molecule has 144 valence electrons. The van der Waals surface area contributed by atoms with Gasteiger partial charge in [-0.2, -0.15) is 4.31 Å². The molecule has 1 fully saturated rings. The predicted octanol–water partition coefficient (Wildman–Crippen LogP) is 3.69. The van der Waals surface area contributed by atoms with Crippen molar-refractivity contribution >= 4 is 27.5 Å². The molecule has 1 amide bonds. The van der Waals surface area contributed by atoms with Gasteiger partial charge in [0.1, 0.15) is 0 Å². The summed E-state index contributed by atoms with van der Waals surface area (Å²) in [5.41, 5.74) is 1.12. The van der Waals surface area contributed by atoms with E-state index in [0.717, 1.165) is 18.4 Å². The van der Waals surface area contributed by atoms with E-state index in [1.807, 2.05) is 18.2 Å². The van der Waals surface area contributed by atoms with Crippen molar-refractivity contribution < 1.29 is 13.2 Å². The molecule has 2 aromatic carbocycles. The van der Waals surface area contributed by atoms with Gasteiger partial charge in [0.15, 0.2) is 0 Å². The highest BCUT2D eigenvalue weighted by Gasteiger charge is 2.28. The minimum atomic E-state index is -3.58. The number of hydrogen-bond acceptors (Lipinski definition) is 3. The average molecular weight is 407 g/mol. The molecule has 1 N–H and O–H groups in total. The number of halogens is 1. The van der Waals surface area contributed by atoms with Crippen LogP contribution in [0.15, 0.2) is 53.4 Å². The van der Waals surface area contributed by atoms with E-state index in [0.29, 0.717) is 29.6 Å². The Morgan fingerprint density at radius 2 is 1.85 bits per heavy atom. The summed E-state index contributed by atoms with van der Waals surface area (Å²) in [4.78, 5) is 12.6. The molecule has 2 aromatic rings. The van der Waals surface area contributed by atoms with Crippen LogP contribution >= 0.6 is 11.6 Å². The molecule has 27 heavy (non-hydrogen) atoms. The van der Waals surface area contributed by atoms with Crippen LogP contribution in [0.1, 0.15) is 35.7 Å². The van der Waals surface area contributed by atoms with Crippen LogP contribution < -0.4 is 5.32 Å². The van der Waals surface area contributed by atoms with Gasteiger partial charge < -0.3 is 5.32 Å². The molecule has 1 saturated heterocycles. The van der Waals surface area contributed by atoms with Crippen LogP contribution in [-0.2, 0) is 16.6 Å². The monoisotopic (exact) mass is 406 g/mol.